The molecule has 0 spiro atoms. The Bertz CT molecular complexity index is 3080. The van der Waals surface area contributed by atoms with Gasteiger partial charge in [-0.3, -0.25) is 33.7 Å². The number of aliphatic hydroxyl groups excluding tert-OH is 4. The van der Waals surface area contributed by atoms with Crippen molar-refractivity contribution >= 4 is 59.1 Å². The molecule has 15 N–H and O–H groups in total. The third-order valence-corrected chi connectivity index (χ3v) is 15.0. The van der Waals surface area contributed by atoms with Crippen LogP contribution in [-0.2, 0) is 38.1 Å². The van der Waals surface area contributed by atoms with Gasteiger partial charge in [-0.1, -0.05) is 27.7 Å². The molecule has 3 aromatic rings. The molecule has 0 saturated carbocycles. The lowest BCUT2D eigenvalue weighted by molar-refractivity contribution is -0.232. The SMILES string of the molecule is COc1ccc(NC(=O)NC[C@H]2OC(OC(C3C(=O)N(c4ccc(OC)cc4)C(=O)N3CCCNC(=O)C(NC(=O)C(NC(=O)NC(C(=O)O)C(C)C)C3CCN=C(N)N3)C(O)C(C)C)[C@H]3O[C@@H](n4ccc(=O)[nH]c4=O)[C@H](O)[C@@H]3O)[C@H](OC)[C@@H]2O)cc1. The second kappa shape index (κ2) is 29.3. The molecule has 3 saturated heterocycles. The summed E-state index contributed by atoms with van der Waals surface area (Å²) in [6.45, 7) is 5.27. The number of ether oxygens (including phenoxy) is 6. The second-order valence-corrected chi connectivity index (χ2v) is 21.5. The molecular formula is C54H75N13O20. The summed E-state index contributed by atoms with van der Waals surface area (Å²) in [7, 11) is 4.07. The number of carbonyl (C=O) groups excluding carboxylic acids is 6. The molecule has 9 amide bonds. The van der Waals surface area contributed by atoms with Crippen LogP contribution in [0.25, 0.3) is 0 Å². The van der Waals surface area contributed by atoms with Crippen molar-refractivity contribution in [2.45, 2.75) is 132 Å². The number of anilines is 2. The van der Waals surface area contributed by atoms with Crippen molar-refractivity contribution in [2.75, 3.05) is 57.7 Å². The highest BCUT2D eigenvalue weighted by Gasteiger charge is 2.59. The van der Waals surface area contributed by atoms with Crippen LogP contribution >= 0.6 is 0 Å². The van der Waals surface area contributed by atoms with E-state index in [0.29, 0.717) is 17.2 Å². The summed E-state index contributed by atoms with van der Waals surface area (Å²) in [5, 5.41) is 74.3. The van der Waals surface area contributed by atoms with Crippen molar-refractivity contribution in [3.05, 3.63) is 81.6 Å². The Morgan fingerprint density at radius 3 is 2.07 bits per heavy atom. The molecular weight excluding hydrogens is 1150 g/mol. The van der Waals surface area contributed by atoms with Crippen molar-refractivity contribution in [1.82, 2.24) is 46.4 Å². The fraction of sp³-hybridized carbons (Fsp3) is 0.556. The normalized spacial score (nSPS) is 25.4. The number of hydrogen-bond acceptors (Lipinski definition) is 22. The number of nitrogens with one attached hydrogen (secondary N) is 8. The minimum absolute atomic E-state index is 0.0175. The Morgan fingerprint density at radius 2 is 1.47 bits per heavy atom. The number of H-pyrrole nitrogens is 1. The first-order valence-corrected chi connectivity index (χ1v) is 27.8. The zero-order chi connectivity index (χ0) is 63.6. The number of amides is 9. The number of aromatic nitrogens is 2. The van der Waals surface area contributed by atoms with E-state index in [9.17, 15) is 63.9 Å². The molecule has 2 aromatic carbocycles. The number of urea groups is 3. The van der Waals surface area contributed by atoms with Crippen molar-refractivity contribution in [2.24, 2.45) is 22.6 Å². The van der Waals surface area contributed by atoms with E-state index in [4.69, 9.17) is 34.2 Å². The molecule has 8 unspecified atom stereocenters. The molecule has 0 radical (unpaired) electrons. The minimum atomic E-state index is -2.05. The van der Waals surface area contributed by atoms with E-state index in [1.54, 1.807) is 52.0 Å². The summed E-state index contributed by atoms with van der Waals surface area (Å²) < 4.78 is 35.8. The van der Waals surface area contributed by atoms with Crippen molar-refractivity contribution in [3.63, 3.8) is 0 Å². The summed E-state index contributed by atoms with van der Waals surface area (Å²) in [4.78, 5) is 130. The van der Waals surface area contributed by atoms with Crippen LogP contribution < -0.4 is 68.6 Å². The first-order chi connectivity index (χ1) is 41.4. The van der Waals surface area contributed by atoms with Gasteiger partial charge in [0.15, 0.2) is 18.5 Å². The van der Waals surface area contributed by atoms with Crippen molar-refractivity contribution in [1.29, 1.82) is 0 Å². The number of benzene rings is 2. The summed E-state index contributed by atoms with van der Waals surface area (Å²) >= 11 is 0. The van der Waals surface area contributed by atoms with Crippen molar-refractivity contribution in [3.8, 4) is 11.5 Å². The number of aromatic amines is 1. The molecule has 3 fully saturated rings. The van der Waals surface area contributed by atoms with Crippen LogP contribution in [0.3, 0.4) is 0 Å². The van der Waals surface area contributed by atoms with Gasteiger partial charge >= 0.3 is 29.8 Å². The van der Waals surface area contributed by atoms with E-state index in [1.165, 1.54) is 45.6 Å². The fourth-order valence-electron chi connectivity index (χ4n) is 10.3. The van der Waals surface area contributed by atoms with E-state index >= 15 is 4.79 Å². The molecule has 5 heterocycles. The van der Waals surface area contributed by atoms with Gasteiger partial charge in [0.1, 0.15) is 78.4 Å². The summed E-state index contributed by atoms with van der Waals surface area (Å²) in [6.07, 6.45) is -16.2. The zero-order valence-corrected chi connectivity index (χ0v) is 48.6. The number of nitrogens with zero attached hydrogens (tertiary/aromatic N) is 4. The Kier molecular flexibility index (Phi) is 22.3. The summed E-state index contributed by atoms with van der Waals surface area (Å²) in [5.41, 5.74) is 4.47. The van der Waals surface area contributed by atoms with E-state index in [2.05, 4.69) is 42.2 Å². The molecule has 0 bridgehead atoms. The van der Waals surface area contributed by atoms with Gasteiger partial charge in [0, 0.05) is 51.2 Å². The third kappa shape index (κ3) is 15.6. The largest absolute Gasteiger partial charge is 0.497 e. The van der Waals surface area contributed by atoms with Crippen molar-refractivity contribution < 1.29 is 87.5 Å². The van der Waals surface area contributed by atoms with Crippen LogP contribution in [0.5, 0.6) is 11.5 Å². The molecule has 4 aliphatic heterocycles. The molecule has 4 aliphatic rings. The van der Waals surface area contributed by atoms with Gasteiger partial charge in [0.2, 0.25) is 11.8 Å². The molecule has 7 rings (SSSR count). The maximum atomic E-state index is 15.2. The monoisotopic (exact) mass is 1230 g/mol. The number of aliphatic imine (C=N–C) groups is 1. The summed E-state index contributed by atoms with van der Waals surface area (Å²) in [6, 6.07) is 2.98. The van der Waals surface area contributed by atoms with E-state index < -0.39 is 163 Å². The average molecular weight is 1230 g/mol. The van der Waals surface area contributed by atoms with Crippen LogP contribution in [-0.4, -0.2) is 221 Å². The lowest BCUT2D eigenvalue weighted by Gasteiger charge is -2.36. The predicted octanol–water partition coefficient (Wildman–Crippen LogP) is -3.22. The number of carbonyl (C=O) groups is 7. The minimum Gasteiger partial charge on any atom is -0.497 e. The number of nitrogens with two attached hydrogens (primary N) is 1. The van der Waals surface area contributed by atoms with Gasteiger partial charge in [-0.25, -0.2) is 28.9 Å². The van der Waals surface area contributed by atoms with E-state index in [-0.39, 0.29) is 44.1 Å². The van der Waals surface area contributed by atoms with Crippen LogP contribution in [0.15, 0.2) is 75.4 Å². The topological polar surface area (TPSA) is 460 Å². The molecule has 33 heteroatoms. The highest BCUT2D eigenvalue weighted by atomic mass is 16.7. The average Bonchev–Trinajstić information content (AvgIpc) is 1.90. The summed E-state index contributed by atoms with van der Waals surface area (Å²) in [5.74, 6) is -4.68. The van der Waals surface area contributed by atoms with Gasteiger partial charge in [-0.15, -0.1) is 0 Å². The molecule has 87 heavy (non-hydrogen) atoms. The molecule has 476 valence electrons. The van der Waals surface area contributed by atoms with Crippen LogP contribution in [0.4, 0.5) is 25.8 Å². The second-order valence-electron chi connectivity index (χ2n) is 21.5. The zero-order valence-electron chi connectivity index (χ0n) is 48.6. The first-order valence-electron chi connectivity index (χ1n) is 27.8. The number of carboxylic acid groups (broad SMARTS) is 1. The smallest absolute Gasteiger partial charge is 0.332 e. The Balaban J connectivity index is 1.17. The lowest BCUT2D eigenvalue weighted by atomic mass is 9.97. The van der Waals surface area contributed by atoms with Gasteiger partial charge < -0.3 is 102 Å². The van der Waals surface area contributed by atoms with Crippen LogP contribution in [0, 0.1) is 11.8 Å². The number of hydrogen-bond donors (Lipinski definition) is 14. The maximum Gasteiger partial charge on any atom is 0.332 e. The highest BCUT2D eigenvalue weighted by Crippen LogP contribution is 2.39. The first kappa shape index (κ1) is 66.1. The van der Waals surface area contributed by atoms with E-state index in [0.717, 1.165) is 26.6 Å². The maximum absolute atomic E-state index is 15.2. The lowest BCUT2D eigenvalue weighted by Crippen LogP contribution is -2.66. The third-order valence-electron chi connectivity index (χ3n) is 15.0. The van der Waals surface area contributed by atoms with E-state index in [1.807, 2.05) is 4.98 Å². The molecule has 1 aromatic heterocycles. The molecule has 33 nitrogen and oxygen atoms in total. The number of aliphatic hydroxyl groups is 4. The van der Waals surface area contributed by atoms with Gasteiger partial charge in [0.05, 0.1) is 32.1 Å². The number of guanidine groups is 1. The number of aliphatic carboxylic acids is 1. The number of rotatable bonds is 26. The van der Waals surface area contributed by atoms with Crippen LogP contribution in [0.2, 0.25) is 0 Å². The van der Waals surface area contributed by atoms with Gasteiger partial charge in [0.25, 0.3) is 11.5 Å². The number of carboxylic acids is 1. The quantitative estimate of drug-likeness (QED) is 0.0278. The number of imide groups is 1. The molecule has 15 atom stereocenters. The van der Waals surface area contributed by atoms with Crippen LogP contribution in [0.1, 0.15) is 46.8 Å². The molecule has 0 aliphatic carbocycles. The highest BCUT2D eigenvalue weighted by molar-refractivity contribution is 6.21. The van der Waals surface area contributed by atoms with Gasteiger partial charge in [-0.2, -0.15) is 0 Å². The Labute approximate surface area is 497 Å². The fourth-order valence-corrected chi connectivity index (χ4v) is 10.3. The standard InChI is InChI=1S/C54H75N13O20/c1-24(2)33(48(76)77)63-52(79)64-34(30-17-20-57-50(55)60-30)45(74)62-35(37(69)25(3)4)44(73)56-19-8-21-65-36(46(75)67(54(65)81)27-11-15-29(83-6)16-12-27)41(42-39(71)40(72)47(86-42)66-22-18-32(68)61-53(66)80)87-49-43(84-7)38(70)31(85-49)23-58-51(78)59-26-9-13-28(82-5)14-10-26/h9-16,18,22,24-25,30-31,33-43,47,49,69-72H,8,17,19-21,23H2,1-7H3,(H,56,73)(H,62,74)(H,76,77)(H3,55,57,60)(H2,58,59,78)(H,61,68,80)(H2,63,64,79)/t30?,31-,33?,34?,35?,36?,37?,38-,39+,40-,41?,42+,43-,47-,49?/m1/s1. The Hall–Kier alpha value is -8.44. The Morgan fingerprint density at radius 1 is 0.805 bits per heavy atom. The van der Waals surface area contributed by atoms with Gasteiger partial charge in [-0.05, 0) is 73.2 Å². The predicted molar refractivity (Wildman–Crippen MR) is 304 cm³/mol. The number of methoxy groups -OCH3 is 3.